The van der Waals surface area contributed by atoms with Crippen LogP contribution >= 0.6 is 0 Å². The van der Waals surface area contributed by atoms with E-state index in [2.05, 4.69) is 58.7 Å². The topological polar surface area (TPSA) is 62.2 Å². The van der Waals surface area contributed by atoms with Gasteiger partial charge in [0.1, 0.15) is 0 Å². The molecule has 3 rings (SSSR count). The minimum atomic E-state index is -0.190. The molecule has 29 heavy (non-hydrogen) atoms. The standard InChI is InChI=1S/C23H29N5O/c1-3-27(4-2)17-20-12-10-19(11-13-20)14-24-23(29)25-15-21-16-26-28(18-21)22-8-6-5-7-9-22/h5-13,16,18H,3-4,14-15,17H2,1-2H3,(H2,24,25,29). The van der Waals surface area contributed by atoms with Gasteiger partial charge in [-0.1, -0.05) is 56.3 Å². The Bertz CT molecular complexity index is 885. The van der Waals surface area contributed by atoms with Crippen LogP contribution in [0.5, 0.6) is 0 Å². The third kappa shape index (κ3) is 6.19. The molecule has 152 valence electrons. The van der Waals surface area contributed by atoms with Gasteiger partial charge in [0.25, 0.3) is 0 Å². The molecule has 2 amide bonds. The van der Waals surface area contributed by atoms with Gasteiger partial charge in [0.15, 0.2) is 0 Å². The van der Waals surface area contributed by atoms with Crippen molar-refractivity contribution in [2.45, 2.75) is 33.5 Å². The monoisotopic (exact) mass is 391 g/mol. The number of aromatic nitrogens is 2. The van der Waals surface area contributed by atoms with E-state index in [0.717, 1.165) is 36.4 Å². The fourth-order valence-corrected chi connectivity index (χ4v) is 3.07. The number of urea groups is 1. The van der Waals surface area contributed by atoms with Crippen LogP contribution in [0.4, 0.5) is 4.79 Å². The first-order chi connectivity index (χ1) is 14.2. The van der Waals surface area contributed by atoms with E-state index in [0.29, 0.717) is 13.1 Å². The molecule has 6 heteroatoms. The molecule has 0 saturated heterocycles. The van der Waals surface area contributed by atoms with E-state index in [1.165, 1.54) is 5.56 Å². The summed E-state index contributed by atoms with van der Waals surface area (Å²) in [4.78, 5) is 14.5. The highest BCUT2D eigenvalue weighted by molar-refractivity contribution is 5.73. The number of nitrogens with one attached hydrogen (secondary N) is 2. The molecule has 0 aliphatic rings. The van der Waals surface area contributed by atoms with Gasteiger partial charge in [-0.2, -0.15) is 5.10 Å². The summed E-state index contributed by atoms with van der Waals surface area (Å²) in [5.74, 6) is 0. The lowest BCUT2D eigenvalue weighted by molar-refractivity contribution is 0.240. The van der Waals surface area contributed by atoms with Gasteiger partial charge in [0, 0.05) is 31.4 Å². The normalized spacial score (nSPS) is 10.9. The molecular formula is C23H29N5O. The molecule has 6 nitrogen and oxygen atoms in total. The number of amides is 2. The molecule has 0 aliphatic carbocycles. The highest BCUT2D eigenvalue weighted by Crippen LogP contribution is 2.09. The van der Waals surface area contributed by atoms with Crippen molar-refractivity contribution in [3.05, 3.63) is 83.7 Å². The number of rotatable bonds is 9. The number of benzene rings is 2. The molecule has 1 heterocycles. The van der Waals surface area contributed by atoms with Gasteiger partial charge < -0.3 is 10.6 Å². The van der Waals surface area contributed by atoms with Crippen molar-refractivity contribution >= 4 is 6.03 Å². The predicted octanol–water partition coefficient (Wildman–Crippen LogP) is 3.71. The highest BCUT2D eigenvalue weighted by Gasteiger charge is 2.05. The average molecular weight is 392 g/mol. The molecule has 1 aromatic heterocycles. The fraction of sp³-hybridized carbons (Fsp3) is 0.304. The van der Waals surface area contributed by atoms with Crippen LogP contribution in [-0.2, 0) is 19.6 Å². The Balaban J connectivity index is 1.43. The molecule has 0 unspecified atom stereocenters. The van der Waals surface area contributed by atoms with Gasteiger partial charge in [0.2, 0.25) is 0 Å². The van der Waals surface area contributed by atoms with Gasteiger partial charge in [-0.05, 0) is 36.3 Å². The molecule has 0 spiro atoms. The highest BCUT2D eigenvalue weighted by atomic mass is 16.2. The van der Waals surface area contributed by atoms with Gasteiger partial charge in [-0.3, -0.25) is 4.90 Å². The van der Waals surface area contributed by atoms with Gasteiger partial charge in [0.05, 0.1) is 11.9 Å². The first kappa shape index (κ1) is 20.6. The van der Waals surface area contributed by atoms with E-state index in [9.17, 15) is 4.79 Å². The molecule has 0 radical (unpaired) electrons. The molecule has 0 bridgehead atoms. The van der Waals surface area contributed by atoms with Crippen molar-refractivity contribution in [2.24, 2.45) is 0 Å². The van der Waals surface area contributed by atoms with Gasteiger partial charge in [-0.25, -0.2) is 9.48 Å². The molecule has 0 atom stereocenters. The second-order valence-corrected chi connectivity index (χ2v) is 6.94. The lowest BCUT2D eigenvalue weighted by atomic mass is 10.1. The van der Waals surface area contributed by atoms with Crippen LogP contribution in [-0.4, -0.2) is 33.8 Å². The number of para-hydroxylation sites is 1. The first-order valence-electron chi connectivity index (χ1n) is 10.1. The molecule has 0 aliphatic heterocycles. The molecule has 3 aromatic rings. The van der Waals surface area contributed by atoms with Crippen LogP contribution in [0.2, 0.25) is 0 Å². The average Bonchev–Trinajstić information content (AvgIpc) is 3.25. The zero-order valence-electron chi connectivity index (χ0n) is 17.1. The van der Waals surface area contributed by atoms with Crippen molar-refractivity contribution in [2.75, 3.05) is 13.1 Å². The number of nitrogens with zero attached hydrogens (tertiary/aromatic N) is 3. The Morgan fingerprint density at radius 1 is 0.897 bits per heavy atom. The lowest BCUT2D eigenvalue weighted by Crippen LogP contribution is -2.34. The number of hydrogen-bond donors (Lipinski definition) is 2. The largest absolute Gasteiger partial charge is 0.334 e. The van der Waals surface area contributed by atoms with E-state index in [-0.39, 0.29) is 6.03 Å². The SMILES string of the molecule is CCN(CC)Cc1ccc(CNC(=O)NCc2cnn(-c3ccccc3)c2)cc1. The zero-order valence-corrected chi connectivity index (χ0v) is 17.1. The van der Waals surface area contributed by atoms with E-state index in [1.54, 1.807) is 10.9 Å². The van der Waals surface area contributed by atoms with Crippen molar-refractivity contribution in [1.29, 1.82) is 0 Å². The maximum Gasteiger partial charge on any atom is 0.315 e. The summed E-state index contributed by atoms with van der Waals surface area (Å²) >= 11 is 0. The summed E-state index contributed by atoms with van der Waals surface area (Å²) in [6.45, 7) is 8.33. The van der Waals surface area contributed by atoms with Crippen molar-refractivity contribution in [3.63, 3.8) is 0 Å². The number of carbonyl (C=O) groups is 1. The minimum absolute atomic E-state index is 0.190. The Morgan fingerprint density at radius 2 is 1.52 bits per heavy atom. The molecule has 2 aromatic carbocycles. The summed E-state index contributed by atoms with van der Waals surface area (Å²) in [6.07, 6.45) is 3.69. The Hall–Kier alpha value is -3.12. The second kappa shape index (κ2) is 10.4. The third-order valence-corrected chi connectivity index (χ3v) is 4.89. The van der Waals surface area contributed by atoms with Crippen molar-refractivity contribution in [1.82, 2.24) is 25.3 Å². The second-order valence-electron chi connectivity index (χ2n) is 6.94. The van der Waals surface area contributed by atoms with Crippen molar-refractivity contribution in [3.8, 4) is 5.69 Å². The minimum Gasteiger partial charge on any atom is -0.334 e. The molecular weight excluding hydrogens is 362 g/mol. The Kier molecular flexibility index (Phi) is 7.41. The predicted molar refractivity (Wildman–Crippen MR) is 116 cm³/mol. The van der Waals surface area contributed by atoms with Crippen LogP contribution in [0.1, 0.15) is 30.5 Å². The third-order valence-electron chi connectivity index (χ3n) is 4.89. The van der Waals surface area contributed by atoms with E-state index >= 15 is 0 Å². The quantitative estimate of drug-likeness (QED) is 0.584. The molecule has 0 saturated carbocycles. The molecule has 2 N–H and O–H groups in total. The summed E-state index contributed by atoms with van der Waals surface area (Å²) < 4.78 is 1.80. The smallest absolute Gasteiger partial charge is 0.315 e. The molecule has 0 fully saturated rings. The van der Waals surface area contributed by atoms with Crippen LogP contribution in [0.15, 0.2) is 67.0 Å². The van der Waals surface area contributed by atoms with Crippen LogP contribution in [0.25, 0.3) is 5.69 Å². The number of hydrogen-bond acceptors (Lipinski definition) is 3. The summed E-state index contributed by atoms with van der Waals surface area (Å²) in [7, 11) is 0. The summed E-state index contributed by atoms with van der Waals surface area (Å²) in [5.41, 5.74) is 4.31. The van der Waals surface area contributed by atoms with Gasteiger partial charge >= 0.3 is 6.03 Å². The van der Waals surface area contributed by atoms with E-state index in [1.807, 2.05) is 36.5 Å². The Labute approximate surface area is 172 Å². The summed E-state index contributed by atoms with van der Waals surface area (Å²) in [6, 6.07) is 18.1. The van der Waals surface area contributed by atoms with Crippen LogP contribution < -0.4 is 10.6 Å². The first-order valence-corrected chi connectivity index (χ1v) is 10.1. The fourth-order valence-electron chi connectivity index (χ4n) is 3.07. The Morgan fingerprint density at radius 3 is 2.17 bits per heavy atom. The number of carbonyl (C=O) groups excluding carboxylic acids is 1. The van der Waals surface area contributed by atoms with E-state index in [4.69, 9.17) is 0 Å². The van der Waals surface area contributed by atoms with Gasteiger partial charge in [-0.15, -0.1) is 0 Å². The zero-order chi connectivity index (χ0) is 20.5. The van der Waals surface area contributed by atoms with Crippen LogP contribution in [0, 0.1) is 0 Å². The van der Waals surface area contributed by atoms with Crippen molar-refractivity contribution < 1.29 is 4.79 Å². The maximum atomic E-state index is 12.1. The van der Waals surface area contributed by atoms with E-state index < -0.39 is 0 Å². The maximum absolute atomic E-state index is 12.1. The van der Waals surface area contributed by atoms with Crippen LogP contribution in [0.3, 0.4) is 0 Å². The lowest BCUT2D eigenvalue weighted by Gasteiger charge is -2.18. The summed E-state index contributed by atoms with van der Waals surface area (Å²) in [5, 5.41) is 10.1.